The standard InChI is InChI=1S/C13H19F2NO3S/c1-9(2)7-10-3-5-11(6-4-10)20(18,19)16-8-12(17)13(14)15/h3-6,9,12-13,16-17H,7-8H2,1-2H3. The zero-order valence-corrected chi connectivity index (χ0v) is 12.2. The molecular formula is C13H19F2NO3S. The van der Waals surface area contributed by atoms with E-state index in [1.165, 1.54) is 12.1 Å². The second-order valence-electron chi connectivity index (χ2n) is 5.00. The van der Waals surface area contributed by atoms with E-state index in [1.807, 2.05) is 4.72 Å². The van der Waals surface area contributed by atoms with Crippen LogP contribution in [-0.2, 0) is 16.4 Å². The smallest absolute Gasteiger partial charge is 0.265 e. The summed E-state index contributed by atoms with van der Waals surface area (Å²) in [5, 5.41) is 8.90. The molecule has 1 unspecified atom stereocenters. The molecule has 0 amide bonds. The van der Waals surface area contributed by atoms with Crippen LogP contribution in [0.5, 0.6) is 0 Å². The Morgan fingerprint density at radius 3 is 2.20 bits per heavy atom. The first kappa shape index (κ1) is 17.0. The van der Waals surface area contributed by atoms with Gasteiger partial charge in [-0.2, -0.15) is 0 Å². The van der Waals surface area contributed by atoms with Gasteiger partial charge < -0.3 is 5.11 Å². The van der Waals surface area contributed by atoms with Crippen molar-refractivity contribution < 1.29 is 22.3 Å². The lowest BCUT2D eigenvalue weighted by molar-refractivity contribution is -0.000451. The molecule has 0 saturated carbocycles. The van der Waals surface area contributed by atoms with Gasteiger partial charge in [-0.25, -0.2) is 21.9 Å². The Morgan fingerprint density at radius 2 is 1.75 bits per heavy atom. The van der Waals surface area contributed by atoms with Gasteiger partial charge in [-0.05, 0) is 30.0 Å². The van der Waals surface area contributed by atoms with Crippen LogP contribution in [-0.4, -0.2) is 32.6 Å². The molecule has 0 aliphatic carbocycles. The van der Waals surface area contributed by atoms with Gasteiger partial charge in [0.2, 0.25) is 10.0 Å². The molecule has 0 aromatic heterocycles. The van der Waals surface area contributed by atoms with Gasteiger partial charge in [0.15, 0.2) is 0 Å². The van der Waals surface area contributed by atoms with Gasteiger partial charge in [-0.1, -0.05) is 26.0 Å². The van der Waals surface area contributed by atoms with E-state index in [2.05, 4.69) is 13.8 Å². The SMILES string of the molecule is CC(C)Cc1ccc(S(=O)(=O)NCC(O)C(F)F)cc1. The molecule has 20 heavy (non-hydrogen) atoms. The minimum absolute atomic E-state index is 0.00790. The number of nitrogens with one attached hydrogen (secondary N) is 1. The van der Waals surface area contributed by atoms with Gasteiger partial charge in [-0.15, -0.1) is 0 Å². The van der Waals surface area contributed by atoms with E-state index < -0.39 is 29.1 Å². The molecule has 4 nitrogen and oxygen atoms in total. The largest absolute Gasteiger partial charge is 0.386 e. The third-order valence-electron chi connectivity index (χ3n) is 2.65. The van der Waals surface area contributed by atoms with Gasteiger partial charge >= 0.3 is 0 Å². The summed E-state index contributed by atoms with van der Waals surface area (Å²) >= 11 is 0. The van der Waals surface area contributed by atoms with Crippen LogP contribution in [0.15, 0.2) is 29.2 Å². The van der Waals surface area contributed by atoms with Gasteiger partial charge in [0.1, 0.15) is 6.10 Å². The van der Waals surface area contributed by atoms with E-state index in [-0.39, 0.29) is 4.90 Å². The molecule has 1 atom stereocenters. The molecule has 0 bridgehead atoms. The molecule has 0 aliphatic heterocycles. The summed E-state index contributed by atoms with van der Waals surface area (Å²) in [6, 6.07) is 6.24. The third kappa shape index (κ3) is 5.15. The second kappa shape index (κ2) is 7.10. The number of rotatable bonds is 7. The van der Waals surface area contributed by atoms with Crippen LogP contribution in [0.3, 0.4) is 0 Å². The van der Waals surface area contributed by atoms with E-state index >= 15 is 0 Å². The summed E-state index contributed by atoms with van der Waals surface area (Å²) in [6.45, 7) is 3.39. The van der Waals surface area contributed by atoms with E-state index in [1.54, 1.807) is 12.1 Å². The van der Waals surface area contributed by atoms with Crippen LogP contribution < -0.4 is 4.72 Å². The number of hydrogen-bond acceptors (Lipinski definition) is 3. The van der Waals surface area contributed by atoms with Crippen LogP contribution in [0, 0.1) is 5.92 Å². The van der Waals surface area contributed by atoms with Crippen molar-refractivity contribution in [2.75, 3.05) is 6.54 Å². The average Bonchev–Trinajstić information content (AvgIpc) is 2.35. The van der Waals surface area contributed by atoms with Crippen LogP contribution in [0.4, 0.5) is 8.78 Å². The van der Waals surface area contributed by atoms with E-state index in [9.17, 15) is 17.2 Å². The molecule has 0 aliphatic rings. The molecule has 0 heterocycles. The predicted octanol–water partition coefficient (Wildman–Crippen LogP) is 1.79. The van der Waals surface area contributed by atoms with E-state index in [4.69, 9.17) is 5.11 Å². The topological polar surface area (TPSA) is 66.4 Å². The molecule has 1 aromatic carbocycles. The molecule has 0 saturated heterocycles. The minimum Gasteiger partial charge on any atom is -0.386 e. The maximum Gasteiger partial charge on any atom is 0.265 e. The number of hydrogen-bond donors (Lipinski definition) is 2. The Kier molecular flexibility index (Phi) is 6.04. The number of sulfonamides is 1. The van der Waals surface area contributed by atoms with Gasteiger partial charge in [-0.3, -0.25) is 0 Å². The molecule has 114 valence electrons. The lowest BCUT2D eigenvalue weighted by atomic mass is 10.0. The highest BCUT2D eigenvalue weighted by molar-refractivity contribution is 7.89. The number of aliphatic hydroxyl groups excluding tert-OH is 1. The third-order valence-corrected chi connectivity index (χ3v) is 4.09. The molecule has 1 aromatic rings. The summed E-state index contributed by atoms with van der Waals surface area (Å²) in [4.78, 5) is -0.00790. The Morgan fingerprint density at radius 1 is 1.20 bits per heavy atom. The Balaban J connectivity index is 2.73. The number of aliphatic hydroxyl groups is 1. The molecule has 1 rings (SSSR count). The van der Waals surface area contributed by atoms with Crippen molar-refractivity contribution in [1.82, 2.24) is 4.72 Å². The number of benzene rings is 1. The zero-order chi connectivity index (χ0) is 15.3. The first-order valence-corrected chi connectivity index (χ1v) is 7.75. The summed E-state index contributed by atoms with van der Waals surface area (Å²) in [5.41, 5.74) is 1.01. The molecule has 7 heteroatoms. The minimum atomic E-state index is -3.88. The molecule has 0 spiro atoms. The van der Waals surface area contributed by atoms with Gasteiger partial charge in [0, 0.05) is 6.54 Å². The highest BCUT2D eigenvalue weighted by Crippen LogP contribution is 2.13. The Bertz CT molecular complexity index is 515. The van der Waals surface area contributed by atoms with Gasteiger partial charge in [0.05, 0.1) is 4.90 Å². The summed E-state index contributed by atoms with van der Waals surface area (Å²) < 4.78 is 49.8. The molecule has 2 N–H and O–H groups in total. The monoisotopic (exact) mass is 307 g/mol. The summed E-state index contributed by atoms with van der Waals surface area (Å²) in [6.07, 6.45) is -4.16. The van der Waals surface area contributed by atoms with Crippen molar-refractivity contribution in [3.8, 4) is 0 Å². The van der Waals surface area contributed by atoms with Crippen LogP contribution in [0.2, 0.25) is 0 Å². The van der Waals surface area contributed by atoms with Crippen LogP contribution in [0.1, 0.15) is 19.4 Å². The molecule has 0 radical (unpaired) electrons. The van der Waals surface area contributed by atoms with Crippen molar-refractivity contribution in [3.05, 3.63) is 29.8 Å². The summed E-state index contributed by atoms with van der Waals surface area (Å²) in [7, 11) is -3.88. The first-order chi connectivity index (χ1) is 9.22. The average molecular weight is 307 g/mol. The first-order valence-electron chi connectivity index (χ1n) is 6.27. The summed E-state index contributed by atoms with van der Waals surface area (Å²) in [5.74, 6) is 0.455. The zero-order valence-electron chi connectivity index (χ0n) is 11.4. The van der Waals surface area contributed by atoms with E-state index in [0.717, 1.165) is 12.0 Å². The maximum atomic E-state index is 12.1. The highest BCUT2D eigenvalue weighted by Gasteiger charge is 2.21. The van der Waals surface area contributed by atoms with Gasteiger partial charge in [0.25, 0.3) is 6.43 Å². The Labute approximate surface area is 117 Å². The lowest BCUT2D eigenvalue weighted by Crippen LogP contribution is -2.35. The van der Waals surface area contributed by atoms with Crippen molar-refractivity contribution in [2.45, 2.75) is 37.7 Å². The Hall–Kier alpha value is -1.05. The predicted molar refractivity (Wildman–Crippen MR) is 72.2 cm³/mol. The van der Waals surface area contributed by atoms with Crippen molar-refractivity contribution in [1.29, 1.82) is 0 Å². The molecule has 0 fully saturated rings. The second-order valence-corrected chi connectivity index (χ2v) is 6.76. The fourth-order valence-electron chi connectivity index (χ4n) is 1.64. The van der Waals surface area contributed by atoms with Crippen molar-refractivity contribution in [2.24, 2.45) is 5.92 Å². The molecular weight excluding hydrogens is 288 g/mol. The number of alkyl halides is 2. The fourth-order valence-corrected chi connectivity index (χ4v) is 2.69. The van der Waals surface area contributed by atoms with E-state index in [0.29, 0.717) is 5.92 Å². The van der Waals surface area contributed by atoms with Crippen molar-refractivity contribution >= 4 is 10.0 Å². The van der Waals surface area contributed by atoms with Crippen LogP contribution >= 0.6 is 0 Å². The lowest BCUT2D eigenvalue weighted by Gasteiger charge is -2.12. The number of halogens is 2. The van der Waals surface area contributed by atoms with Crippen molar-refractivity contribution in [3.63, 3.8) is 0 Å². The van der Waals surface area contributed by atoms with Crippen LogP contribution in [0.25, 0.3) is 0 Å². The highest BCUT2D eigenvalue weighted by atomic mass is 32.2. The maximum absolute atomic E-state index is 12.1. The fraction of sp³-hybridized carbons (Fsp3) is 0.538. The normalized spacial score (nSPS) is 13.9. The quantitative estimate of drug-likeness (QED) is 0.807.